The van der Waals surface area contributed by atoms with E-state index < -0.39 is 0 Å². The Morgan fingerprint density at radius 2 is 2.29 bits per heavy atom. The van der Waals surface area contributed by atoms with Crippen LogP contribution in [-0.4, -0.2) is 31.3 Å². The van der Waals surface area contributed by atoms with Gasteiger partial charge in [-0.05, 0) is 0 Å². The Hall–Kier alpha value is 1.14. The fraction of sp³-hybridized carbons (Fsp3) is 1.00. The van der Waals surface area contributed by atoms with Gasteiger partial charge in [0.05, 0.1) is 0 Å². The zero-order valence-electron chi connectivity index (χ0n) is 4.22. The summed E-state index contributed by atoms with van der Waals surface area (Å²) in [6.45, 7) is 0. The number of rotatable bonds is 0. The molecule has 0 saturated carbocycles. The van der Waals surface area contributed by atoms with Crippen LogP contribution in [0.2, 0.25) is 0 Å². The Labute approximate surface area is 62.3 Å². The van der Waals surface area contributed by atoms with Gasteiger partial charge in [-0.15, -0.1) is 0 Å². The van der Waals surface area contributed by atoms with Gasteiger partial charge in [-0.2, -0.15) is 0 Å². The molecule has 2 heteroatoms. The van der Waals surface area contributed by atoms with Crippen LogP contribution in [0.4, 0.5) is 0 Å². The van der Waals surface area contributed by atoms with Crippen molar-refractivity contribution >= 4 is 34.1 Å². The van der Waals surface area contributed by atoms with Gasteiger partial charge in [0.2, 0.25) is 0 Å². The van der Waals surface area contributed by atoms with Crippen LogP contribution in [0.5, 0.6) is 0 Å². The van der Waals surface area contributed by atoms with Gasteiger partial charge in [-0.1, -0.05) is 0 Å². The standard InChI is InChI=1S/C5H9STe/c7-5-3-1-2-4-6-5/h5H,1-4H2. The van der Waals surface area contributed by atoms with E-state index >= 15 is 0 Å². The first-order chi connectivity index (χ1) is 3.39. The molecule has 1 fully saturated rings. The molecule has 0 bridgehead atoms. The third-order valence-corrected chi connectivity index (χ3v) is 4.11. The summed E-state index contributed by atoms with van der Waals surface area (Å²) in [4.78, 5) is 0. The molecule has 1 aliphatic rings. The average molecular weight is 229 g/mol. The van der Waals surface area contributed by atoms with Crippen molar-refractivity contribution in [2.75, 3.05) is 5.75 Å². The van der Waals surface area contributed by atoms with Crippen molar-refractivity contribution in [3.63, 3.8) is 0 Å². The van der Waals surface area contributed by atoms with Crippen LogP contribution in [0.1, 0.15) is 19.3 Å². The maximum atomic E-state index is 2.26. The van der Waals surface area contributed by atoms with Gasteiger partial charge in [0.1, 0.15) is 0 Å². The zero-order valence-corrected chi connectivity index (χ0v) is 7.37. The summed E-state index contributed by atoms with van der Waals surface area (Å²) >= 11 is 4.38. The van der Waals surface area contributed by atoms with Crippen LogP contribution in [0.3, 0.4) is 0 Å². The molecular weight excluding hydrogens is 220 g/mol. The van der Waals surface area contributed by atoms with E-state index in [0.29, 0.717) is 0 Å². The summed E-state index contributed by atoms with van der Waals surface area (Å²) in [6, 6.07) is 0. The summed E-state index contributed by atoms with van der Waals surface area (Å²) in [5.41, 5.74) is 0. The van der Waals surface area contributed by atoms with E-state index in [0.717, 1.165) is 3.30 Å². The van der Waals surface area contributed by atoms with E-state index in [-0.39, 0.29) is 0 Å². The van der Waals surface area contributed by atoms with Crippen LogP contribution in [-0.2, 0) is 0 Å². The number of thioether (sulfide) groups is 1. The SMILES string of the molecule is [Te]C1CCCCS1. The fourth-order valence-electron chi connectivity index (χ4n) is 0.711. The molecule has 1 aliphatic heterocycles. The normalized spacial score (nSPS) is 33.0. The van der Waals surface area contributed by atoms with Crippen LogP contribution in [0.25, 0.3) is 0 Å². The Balaban J connectivity index is 2.12. The first-order valence-electron chi connectivity index (χ1n) is 2.67. The summed E-state index contributed by atoms with van der Waals surface area (Å²) in [7, 11) is 0. The average Bonchev–Trinajstić information content (AvgIpc) is 1.69. The van der Waals surface area contributed by atoms with Crippen molar-refractivity contribution in [2.24, 2.45) is 0 Å². The topological polar surface area (TPSA) is 0 Å². The van der Waals surface area contributed by atoms with Crippen molar-refractivity contribution in [3.05, 3.63) is 0 Å². The van der Waals surface area contributed by atoms with Gasteiger partial charge in [0.25, 0.3) is 0 Å². The van der Waals surface area contributed by atoms with Crippen molar-refractivity contribution < 1.29 is 0 Å². The Kier molecular flexibility index (Phi) is 2.88. The van der Waals surface area contributed by atoms with Crippen LogP contribution >= 0.6 is 11.8 Å². The molecule has 1 rings (SSSR count). The minimum atomic E-state index is 0.963. The monoisotopic (exact) mass is 231 g/mol. The predicted molar refractivity (Wildman–Crippen MR) is 35.9 cm³/mol. The summed E-state index contributed by atoms with van der Waals surface area (Å²) in [6.07, 6.45) is 4.38. The Morgan fingerprint density at radius 3 is 2.57 bits per heavy atom. The third kappa shape index (κ3) is 2.26. The molecule has 0 N–H and O–H groups in total. The first kappa shape index (κ1) is 6.26. The van der Waals surface area contributed by atoms with Crippen molar-refractivity contribution in [2.45, 2.75) is 22.6 Å². The molecule has 1 atom stereocenters. The molecule has 0 aromatic rings. The van der Waals surface area contributed by atoms with Gasteiger partial charge in [-0.25, -0.2) is 0 Å². The van der Waals surface area contributed by atoms with Crippen LogP contribution < -0.4 is 0 Å². The quantitative estimate of drug-likeness (QED) is 0.565. The van der Waals surface area contributed by atoms with Gasteiger partial charge in [0.15, 0.2) is 0 Å². The first-order valence-corrected chi connectivity index (χ1v) is 5.06. The van der Waals surface area contributed by atoms with Crippen molar-refractivity contribution in [3.8, 4) is 0 Å². The molecule has 0 spiro atoms. The molecule has 0 amide bonds. The van der Waals surface area contributed by atoms with Gasteiger partial charge < -0.3 is 0 Å². The fourth-order valence-corrected chi connectivity index (χ4v) is 2.98. The van der Waals surface area contributed by atoms with E-state index in [4.69, 9.17) is 0 Å². The second-order valence-corrected chi connectivity index (χ2v) is 5.66. The van der Waals surface area contributed by atoms with Crippen molar-refractivity contribution in [1.29, 1.82) is 0 Å². The minimum absolute atomic E-state index is 0.963. The Morgan fingerprint density at radius 1 is 1.43 bits per heavy atom. The second kappa shape index (κ2) is 3.22. The van der Waals surface area contributed by atoms with Crippen molar-refractivity contribution in [1.82, 2.24) is 0 Å². The molecule has 0 nitrogen and oxygen atoms in total. The van der Waals surface area contributed by atoms with E-state index in [2.05, 4.69) is 34.1 Å². The van der Waals surface area contributed by atoms with E-state index in [1.54, 1.807) is 0 Å². The molecule has 0 aromatic heterocycles. The van der Waals surface area contributed by atoms with E-state index in [1.807, 2.05) is 0 Å². The maximum absolute atomic E-state index is 2.26. The second-order valence-electron chi connectivity index (χ2n) is 1.80. The molecule has 1 radical (unpaired) electrons. The summed E-state index contributed by atoms with van der Waals surface area (Å²) in [5.74, 6) is 1.41. The molecule has 7 heavy (non-hydrogen) atoms. The summed E-state index contributed by atoms with van der Waals surface area (Å²) < 4.78 is 0.963. The van der Waals surface area contributed by atoms with E-state index in [9.17, 15) is 0 Å². The van der Waals surface area contributed by atoms with Crippen LogP contribution in [0, 0.1) is 0 Å². The van der Waals surface area contributed by atoms with Crippen LogP contribution in [0.15, 0.2) is 0 Å². The van der Waals surface area contributed by atoms with E-state index in [1.165, 1.54) is 25.0 Å². The molecule has 1 heterocycles. The molecule has 0 aliphatic carbocycles. The summed E-state index contributed by atoms with van der Waals surface area (Å²) in [5, 5.41) is 0. The number of hydrogen-bond donors (Lipinski definition) is 0. The molecule has 1 unspecified atom stereocenters. The third-order valence-electron chi connectivity index (χ3n) is 1.14. The molecular formula is C5H9STe. The van der Waals surface area contributed by atoms with Gasteiger partial charge in [0, 0.05) is 0 Å². The molecule has 0 aromatic carbocycles. The van der Waals surface area contributed by atoms with Gasteiger partial charge >= 0.3 is 62.4 Å². The molecule has 41 valence electrons. The predicted octanol–water partition coefficient (Wildman–Crippen LogP) is 1.40. The molecule has 1 saturated heterocycles. The zero-order chi connectivity index (χ0) is 5.11. The van der Waals surface area contributed by atoms with Gasteiger partial charge in [-0.3, -0.25) is 0 Å². The number of hydrogen-bond acceptors (Lipinski definition) is 1. The Bertz CT molecular complexity index is 50.0.